The van der Waals surface area contributed by atoms with Crippen molar-refractivity contribution in [1.29, 1.82) is 0 Å². The average Bonchev–Trinajstić information content (AvgIpc) is 2.27. The lowest BCUT2D eigenvalue weighted by Gasteiger charge is -2.02. The Hall–Kier alpha value is -1.35. The summed E-state index contributed by atoms with van der Waals surface area (Å²) >= 11 is 3.37. The zero-order chi connectivity index (χ0) is 10.8. The number of fused-ring (bicyclic) bond motifs is 1. The van der Waals surface area contributed by atoms with Crippen LogP contribution in [-0.2, 0) is 5.33 Å². The fourth-order valence-electron chi connectivity index (χ4n) is 1.51. The number of halogens is 1. The van der Waals surface area contributed by atoms with Crippen LogP contribution in [-0.4, -0.2) is 11.1 Å². The van der Waals surface area contributed by atoms with Crippen LogP contribution in [0.5, 0.6) is 0 Å². The molecule has 0 saturated carbocycles. The van der Waals surface area contributed by atoms with Crippen molar-refractivity contribution in [2.75, 3.05) is 0 Å². The molecule has 0 heterocycles. The molecule has 0 aromatic heterocycles. The van der Waals surface area contributed by atoms with Crippen molar-refractivity contribution in [3.05, 3.63) is 47.5 Å². The van der Waals surface area contributed by atoms with Gasteiger partial charge in [0, 0.05) is 5.33 Å². The number of benzene rings is 2. The molecular weight excluding hydrogens is 256 g/mol. The molecule has 0 bridgehead atoms. The van der Waals surface area contributed by atoms with Gasteiger partial charge in [-0.3, -0.25) is 0 Å². The van der Waals surface area contributed by atoms with Gasteiger partial charge >= 0.3 is 5.97 Å². The molecule has 0 unspecified atom stereocenters. The first-order valence-electron chi connectivity index (χ1n) is 4.52. The van der Waals surface area contributed by atoms with Crippen LogP contribution in [0.3, 0.4) is 0 Å². The molecule has 1 N–H and O–H groups in total. The molecule has 2 aromatic rings. The average molecular weight is 265 g/mol. The molecule has 2 nitrogen and oxygen atoms in total. The first kappa shape index (κ1) is 10.2. The second kappa shape index (κ2) is 4.03. The molecule has 15 heavy (non-hydrogen) atoms. The van der Waals surface area contributed by atoms with Crippen molar-refractivity contribution in [1.82, 2.24) is 0 Å². The molecule has 0 aliphatic carbocycles. The van der Waals surface area contributed by atoms with E-state index in [1.54, 1.807) is 12.1 Å². The Kier molecular flexibility index (Phi) is 2.73. The van der Waals surface area contributed by atoms with Gasteiger partial charge in [-0.25, -0.2) is 4.79 Å². The van der Waals surface area contributed by atoms with Crippen LogP contribution in [0.1, 0.15) is 15.9 Å². The Morgan fingerprint density at radius 3 is 2.53 bits per heavy atom. The van der Waals surface area contributed by atoms with Crippen molar-refractivity contribution in [2.24, 2.45) is 0 Å². The van der Waals surface area contributed by atoms with Gasteiger partial charge in [0.25, 0.3) is 0 Å². The minimum atomic E-state index is -0.888. The molecule has 0 amide bonds. The number of carboxylic acid groups (broad SMARTS) is 1. The summed E-state index contributed by atoms with van der Waals surface area (Å²) in [5.74, 6) is -0.888. The second-order valence-corrected chi connectivity index (χ2v) is 3.90. The van der Waals surface area contributed by atoms with Crippen LogP contribution < -0.4 is 0 Å². The minimum absolute atomic E-state index is 0.328. The third kappa shape index (κ3) is 2.02. The zero-order valence-electron chi connectivity index (χ0n) is 7.90. The van der Waals surface area contributed by atoms with E-state index in [-0.39, 0.29) is 0 Å². The smallest absolute Gasteiger partial charge is 0.335 e. The van der Waals surface area contributed by atoms with E-state index >= 15 is 0 Å². The van der Waals surface area contributed by atoms with Crippen molar-refractivity contribution in [3.8, 4) is 0 Å². The van der Waals surface area contributed by atoms with Gasteiger partial charge in [0.1, 0.15) is 0 Å². The van der Waals surface area contributed by atoms with Crippen LogP contribution in [0.25, 0.3) is 10.8 Å². The van der Waals surface area contributed by atoms with Gasteiger partial charge in [-0.05, 0) is 28.5 Å². The fraction of sp³-hybridized carbons (Fsp3) is 0.0833. The number of rotatable bonds is 2. The van der Waals surface area contributed by atoms with E-state index in [1.165, 1.54) is 0 Å². The third-order valence-corrected chi connectivity index (χ3v) is 2.95. The van der Waals surface area contributed by atoms with Crippen molar-refractivity contribution >= 4 is 32.7 Å². The lowest BCUT2D eigenvalue weighted by atomic mass is 10.0. The quantitative estimate of drug-likeness (QED) is 0.844. The first-order chi connectivity index (χ1) is 7.20. The SMILES string of the molecule is O=C(O)c1ccc2ccc(CBr)cc2c1. The molecule has 3 heteroatoms. The standard InChI is InChI=1S/C12H9BrO2/c13-7-8-1-2-9-3-4-10(12(14)15)6-11(9)5-8/h1-6H,7H2,(H,14,15). The largest absolute Gasteiger partial charge is 0.478 e. The van der Waals surface area contributed by atoms with E-state index < -0.39 is 5.97 Å². The fourth-order valence-corrected chi connectivity index (χ4v) is 1.86. The predicted octanol–water partition coefficient (Wildman–Crippen LogP) is 3.43. The molecule has 0 saturated heterocycles. The summed E-state index contributed by atoms with van der Waals surface area (Å²) in [7, 11) is 0. The van der Waals surface area contributed by atoms with E-state index in [0.29, 0.717) is 5.56 Å². The summed E-state index contributed by atoms with van der Waals surface area (Å²) in [6.45, 7) is 0. The monoisotopic (exact) mass is 264 g/mol. The normalized spacial score (nSPS) is 10.5. The summed E-state index contributed by atoms with van der Waals surface area (Å²) in [4.78, 5) is 10.8. The molecule has 0 aliphatic rings. The Morgan fingerprint density at radius 2 is 1.87 bits per heavy atom. The van der Waals surface area contributed by atoms with E-state index in [9.17, 15) is 4.79 Å². The van der Waals surface area contributed by atoms with E-state index in [0.717, 1.165) is 21.7 Å². The van der Waals surface area contributed by atoms with Gasteiger partial charge in [0.05, 0.1) is 5.56 Å². The highest BCUT2D eigenvalue weighted by molar-refractivity contribution is 9.08. The van der Waals surface area contributed by atoms with Gasteiger partial charge in [-0.2, -0.15) is 0 Å². The number of carboxylic acids is 1. The topological polar surface area (TPSA) is 37.3 Å². The summed E-state index contributed by atoms with van der Waals surface area (Å²) in [6.07, 6.45) is 0. The summed E-state index contributed by atoms with van der Waals surface area (Å²) < 4.78 is 0. The second-order valence-electron chi connectivity index (χ2n) is 3.34. The van der Waals surface area contributed by atoms with Crippen LogP contribution in [0, 0.1) is 0 Å². The molecule has 0 aliphatic heterocycles. The van der Waals surface area contributed by atoms with Crippen molar-refractivity contribution in [3.63, 3.8) is 0 Å². The van der Waals surface area contributed by atoms with E-state index in [4.69, 9.17) is 5.11 Å². The highest BCUT2D eigenvalue weighted by atomic mass is 79.9. The van der Waals surface area contributed by atoms with Gasteiger partial charge in [-0.15, -0.1) is 0 Å². The third-order valence-electron chi connectivity index (χ3n) is 2.31. The highest BCUT2D eigenvalue weighted by Gasteiger charge is 2.03. The summed E-state index contributed by atoms with van der Waals surface area (Å²) in [6, 6.07) is 11.2. The van der Waals surface area contributed by atoms with Gasteiger partial charge in [-0.1, -0.05) is 40.2 Å². The summed E-state index contributed by atoms with van der Waals surface area (Å²) in [5.41, 5.74) is 1.47. The maximum absolute atomic E-state index is 10.8. The molecule has 0 atom stereocenters. The number of aromatic carboxylic acids is 1. The van der Waals surface area contributed by atoms with E-state index in [1.807, 2.05) is 24.3 Å². The number of alkyl halides is 1. The maximum atomic E-state index is 10.8. The lowest BCUT2D eigenvalue weighted by Crippen LogP contribution is -1.95. The lowest BCUT2D eigenvalue weighted by molar-refractivity contribution is 0.0697. The molecular formula is C12H9BrO2. The molecule has 2 aromatic carbocycles. The predicted molar refractivity (Wildman–Crippen MR) is 63.5 cm³/mol. The Bertz CT molecular complexity index is 520. The number of carbonyl (C=O) groups is 1. The van der Waals surface area contributed by atoms with Gasteiger partial charge < -0.3 is 5.11 Å². The highest BCUT2D eigenvalue weighted by Crippen LogP contribution is 2.19. The minimum Gasteiger partial charge on any atom is -0.478 e. The van der Waals surface area contributed by atoms with Crippen molar-refractivity contribution < 1.29 is 9.90 Å². The Morgan fingerprint density at radius 1 is 1.13 bits per heavy atom. The first-order valence-corrected chi connectivity index (χ1v) is 5.65. The van der Waals surface area contributed by atoms with Crippen LogP contribution in [0.4, 0.5) is 0 Å². The molecule has 2 rings (SSSR count). The number of hydrogen-bond acceptors (Lipinski definition) is 1. The van der Waals surface area contributed by atoms with E-state index in [2.05, 4.69) is 15.9 Å². The molecule has 0 radical (unpaired) electrons. The molecule has 76 valence electrons. The van der Waals surface area contributed by atoms with Gasteiger partial charge in [0.2, 0.25) is 0 Å². The molecule has 0 fully saturated rings. The summed E-state index contributed by atoms with van der Waals surface area (Å²) in [5, 5.41) is 11.7. The number of hydrogen-bond donors (Lipinski definition) is 1. The van der Waals surface area contributed by atoms with Gasteiger partial charge in [0.15, 0.2) is 0 Å². The molecule has 0 spiro atoms. The Labute approximate surface area is 95.7 Å². The zero-order valence-corrected chi connectivity index (χ0v) is 9.49. The van der Waals surface area contributed by atoms with Crippen LogP contribution in [0.15, 0.2) is 36.4 Å². The Balaban J connectivity index is 2.62. The van der Waals surface area contributed by atoms with Crippen molar-refractivity contribution in [2.45, 2.75) is 5.33 Å². The van der Waals surface area contributed by atoms with Crippen LogP contribution >= 0.6 is 15.9 Å². The van der Waals surface area contributed by atoms with Crippen LogP contribution in [0.2, 0.25) is 0 Å². The maximum Gasteiger partial charge on any atom is 0.335 e.